The van der Waals surface area contributed by atoms with Gasteiger partial charge in [0.1, 0.15) is 11.5 Å². The Balaban J connectivity index is 1.12. The molecule has 0 N–H and O–H groups in total. The molecule has 0 saturated carbocycles. The van der Waals surface area contributed by atoms with Crippen molar-refractivity contribution >= 4 is 17.9 Å². The Morgan fingerprint density at radius 1 is 0.579 bits per heavy atom. The van der Waals surface area contributed by atoms with Gasteiger partial charge in [0.05, 0.1) is 13.2 Å². The highest BCUT2D eigenvalue weighted by atomic mass is 16.5. The van der Waals surface area contributed by atoms with Gasteiger partial charge < -0.3 is 9.47 Å². The van der Waals surface area contributed by atoms with Crippen LogP contribution in [0.15, 0.2) is 91.5 Å². The zero-order valence-corrected chi connectivity index (χ0v) is 22.7. The van der Waals surface area contributed by atoms with Crippen LogP contribution in [0.1, 0.15) is 85.7 Å². The summed E-state index contributed by atoms with van der Waals surface area (Å²) in [6.07, 6.45) is 17.8. The molecule has 0 fully saturated rings. The first-order valence-corrected chi connectivity index (χ1v) is 14.1. The second kappa shape index (κ2) is 17.8. The van der Waals surface area contributed by atoms with Crippen LogP contribution in [-0.4, -0.2) is 19.0 Å². The molecule has 200 valence electrons. The van der Waals surface area contributed by atoms with Gasteiger partial charge in [0.25, 0.3) is 0 Å². The fourth-order valence-corrected chi connectivity index (χ4v) is 4.24. The molecule has 3 aromatic carbocycles. The molecule has 0 aromatic heterocycles. The van der Waals surface area contributed by atoms with E-state index >= 15 is 0 Å². The Bertz CT molecular complexity index is 1080. The van der Waals surface area contributed by atoms with E-state index in [0.29, 0.717) is 5.56 Å². The normalized spacial score (nSPS) is 10.9. The summed E-state index contributed by atoms with van der Waals surface area (Å²) in [6.45, 7) is 5.32. The molecule has 3 nitrogen and oxygen atoms in total. The van der Waals surface area contributed by atoms with E-state index in [4.69, 9.17) is 9.47 Å². The van der Waals surface area contributed by atoms with Crippen LogP contribution >= 0.6 is 0 Å². The quantitative estimate of drug-likeness (QED) is 0.0915. The predicted octanol–water partition coefficient (Wildman–Crippen LogP) is 9.58. The van der Waals surface area contributed by atoms with E-state index in [1.165, 1.54) is 51.4 Å². The molecule has 0 bridgehead atoms. The third-order valence-electron chi connectivity index (χ3n) is 6.56. The molecule has 0 atom stereocenters. The molecule has 3 rings (SSSR count). The lowest BCUT2D eigenvalue weighted by Gasteiger charge is -2.07. The molecule has 0 aliphatic rings. The van der Waals surface area contributed by atoms with E-state index in [9.17, 15) is 4.79 Å². The zero-order valence-electron chi connectivity index (χ0n) is 22.7. The monoisotopic (exact) mass is 510 g/mol. The summed E-state index contributed by atoms with van der Waals surface area (Å²) < 4.78 is 11.7. The third-order valence-corrected chi connectivity index (χ3v) is 6.56. The SMILES string of the molecule is C=Cc1ccc(OCCCCCCCCCCCCOc2ccc(/C=C/C(=O)c3ccccc3)cc2)cc1. The molecule has 0 aliphatic heterocycles. The zero-order chi connectivity index (χ0) is 26.7. The number of carbonyl (C=O) groups is 1. The minimum Gasteiger partial charge on any atom is -0.494 e. The number of ether oxygens (including phenoxy) is 2. The van der Waals surface area contributed by atoms with Gasteiger partial charge in [0, 0.05) is 5.56 Å². The summed E-state index contributed by atoms with van der Waals surface area (Å²) in [5, 5.41) is 0. The Hall–Kier alpha value is -3.59. The van der Waals surface area contributed by atoms with Gasteiger partial charge in [0.2, 0.25) is 0 Å². The van der Waals surface area contributed by atoms with E-state index < -0.39 is 0 Å². The first-order chi connectivity index (χ1) is 18.7. The average molecular weight is 511 g/mol. The molecular weight excluding hydrogens is 468 g/mol. The lowest BCUT2D eigenvalue weighted by Crippen LogP contribution is -1.97. The van der Waals surface area contributed by atoms with Crippen molar-refractivity contribution in [2.24, 2.45) is 0 Å². The van der Waals surface area contributed by atoms with Crippen molar-refractivity contribution < 1.29 is 14.3 Å². The molecule has 38 heavy (non-hydrogen) atoms. The molecule has 0 radical (unpaired) electrons. The molecule has 0 heterocycles. The highest BCUT2D eigenvalue weighted by Crippen LogP contribution is 2.16. The van der Waals surface area contributed by atoms with Gasteiger partial charge in [-0.15, -0.1) is 0 Å². The summed E-state index contributed by atoms with van der Waals surface area (Å²) in [7, 11) is 0. The molecule has 0 saturated heterocycles. The van der Waals surface area contributed by atoms with Crippen molar-refractivity contribution in [1.29, 1.82) is 0 Å². The average Bonchev–Trinajstić information content (AvgIpc) is 2.97. The van der Waals surface area contributed by atoms with Gasteiger partial charge in [-0.25, -0.2) is 0 Å². The van der Waals surface area contributed by atoms with Crippen molar-refractivity contribution in [2.75, 3.05) is 13.2 Å². The number of rotatable bonds is 19. The van der Waals surface area contributed by atoms with Gasteiger partial charge >= 0.3 is 0 Å². The highest BCUT2D eigenvalue weighted by molar-refractivity contribution is 6.06. The van der Waals surface area contributed by atoms with Gasteiger partial charge in [-0.2, -0.15) is 0 Å². The lowest BCUT2D eigenvalue weighted by molar-refractivity contribution is 0.104. The second-order valence-electron chi connectivity index (χ2n) is 9.64. The maximum atomic E-state index is 12.2. The minimum absolute atomic E-state index is 0.0126. The van der Waals surface area contributed by atoms with Crippen LogP contribution in [0, 0.1) is 0 Å². The van der Waals surface area contributed by atoms with E-state index in [-0.39, 0.29) is 5.78 Å². The number of ketones is 1. The van der Waals surface area contributed by atoms with Crippen molar-refractivity contribution in [3.05, 3.63) is 108 Å². The molecule has 3 aromatic rings. The van der Waals surface area contributed by atoms with Crippen LogP contribution in [-0.2, 0) is 0 Å². The van der Waals surface area contributed by atoms with Gasteiger partial charge in [-0.3, -0.25) is 4.79 Å². The summed E-state index contributed by atoms with van der Waals surface area (Å²) in [4.78, 5) is 12.2. The first kappa shape index (κ1) is 29.0. The van der Waals surface area contributed by atoms with E-state index in [1.807, 2.05) is 91.0 Å². The van der Waals surface area contributed by atoms with Crippen LogP contribution < -0.4 is 9.47 Å². The molecule has 0 aliphatic carbocycles. The maximum Gasteiger partial charge on any atom is 0.185 e. The van der Waals surface area contributed by atoms with Crippen molar-refractivity contribution in [1.82, 2.24) is 0 Å². The number of unbranched alkanes of at least 4 members (excludes halogenated alkanes) is 9. The van der Waals surface area contributed by atoms with Gasteiger partial charge in [0.15, 0.2) is 5.78 Å². The smallest absolute Gasteiger partial charge is 0.185 e. The number of hydrogen-bond acceptors (Lipinski definition) is 3. The van der Waals surface area contributed by atoms with E-state index in [2.05, 4.69) is 6.58 Å². The first-order valence-electron chi connectivity index (χ1n) is 14.1. The largest absolute Gasteiger partial charge is 0.494 e. The summed E-state index contributed by atoms with van der Waals surface area (Å²) >= 11 is 0. The molecule has 0 unspecified atom stereocenters. The summed E-state index contributed by atoms with van der Waals surface area (Å²) in [5.41, 5.74) is 2.81. The fourth-order valence-electron chi connectivity index (χ4n) is 4.24. The van der Waals surface area contributed by atoms with Crippen LogP contribution in [0.5, 0.6) is 11.5 Å². The Morgan fingerprint density at radius 3 is 1.50 bits per heavy atom. The van der Waals surface area contributed by atoms with E-state index in [0.717, 1.165) is 48.7 Å². The van der Waals surface area contributed by atoms with E-state index in [1.54, 1.807) is 6.08 Å². The number of hydrogen-bond donors (Lipinski definition) is 0. The van der Waals surface area contributed by atoms with Crippen LogP contribution in [0.25, 0.3) is 12.2 Å². The van der Waals surface area contributed by atoms with Crippen molar-refractivity contribution in [3.63, 3.8) is 0 Å². The Morgan fingerprint density at radius 2 is 1.03 bits per heavy atom. The van der Waals surface area contributed by atoms with Gasteiger partial charge in [-0.05, 0) is 54.3 Å². The Kier molecular flexibility index (Phi) is 13.6. The minimum atomic E-state index is 0.0126. The lowest BCUT2D eigenvalue weighted by atomic mass is 10.1. The molecule has 0 amide bonds. The maximum absolute atomic E-state index is 12.2. The third kappa shape index (κ3) is 11.6. The number of allylic oxidation sites excluding steroid dienone is 1. The number of carbonyl (C=O) groups excluding carboxylic acids is 1. The van der Waals surface area contributed by atoms with Gasteiger partial charge in [-0.1, -0.05) is 125 Å². The number of benzene rings is 3. The fraction of sp³-hybridized carbons (Fsp3) is 0.343. The van der Waals surface area contributed by atoms with Crippen molar-refractivity contribution in [3.8, 4) is 11.5 Å². The second-order valence-corrected chi connectivity index (χ2v) is 9.64. The highest BCUT2D eigenvalue weighted by Gasteiger charge is 2.00. The predicted molar refractivity (Wildman–Crippen MR) is 160 cm³/mol. The van der Waals surface area contributed by atoms with Crippen molar-refractivity contribution in [2.45, 2.75) is 64.2 Å². The summed E-state index contributed by atoms with van der Waals surface area (Å²) in [5.74, 6) is 1.84. The Labute approximate surface area is 229 Å². The standard InChI is InChI=1S/C35H42O3/c1-2-30-18-23-33(24-19-30)37-28-14-9-7-5-3-4-6-8-10-15-29-38-34-25-20-31(21-26-34)22-27-35(36)32-16-12-11-13-17-32/h2,11-13,16-27H,1,3-10,14-15,28-29H2/b27-22+. The topological polar surface area (TPSA) is 35.5 Å². The summed E-state index contributed by atoms with van der Waals surface area (Å²) in [6, 6.07) is 25.3. The molecule has 0 spiro atoms. The molecular formula is C35H42O3. The van der Waals surface area contributed by atoms with Crippen LogP contribution in [0.2, 0.25) is 0 Å². The molecule has 3 heteroatoms. The van der Waals surface area contributed by atoms with Crippen LogP contribution in [0.4, 0.5) is 0 Å². The van der Waals surface area contributed by atoms with Crippen LogP contribution in [0.3, 0.4) is 0 Å².